The number of thiophene rings is 1. The molecular formula is C31H20N4O6S2. The van der Waals surface area contributed by atoms with Crippen LogP contribution in [-0.2, 0) is 6.42 Å². The Morgan fingerprint density at radius 1 is 0.953 bits per heavy atom. The van der Waals surface area contributed by atoms with Crippen LogP contribution < -0.4 is 19.6 Å². The van der Waals surface area contributed by atoms with Gasteiger partial charge in [0.05, 0.1) is 32.2 Å². The van der Waals surface area contributed by atoms with Gasteiger partial charge in [-0.15, -0.1) is 11.3 Å². The highest BCUT2D eigenvalue weighted by Gasteiger charge is 2.33. The predicted octanol–water partition coefficient (Wildman–Crippen LogP) is 5.99. The second-order valence-electron chi connectivity index (χ2n) is 9.97. The zero-order chi connectivity index (χ0) is 29.7. The summed E-state index contributed by atoms with van der Waals surface area (Å²) in [6.45, 7) is 0. The number of allylic oxidation sites excluding steroid dienone is 1. The predicted molar refractivity (Wildman–Crippen MR) is 163 cm³/mol. The molecule has 0 fully saturated rings. The number of thiazole rings is 1. The molecule has 2 aromatic heterocycles. The van der Waals surface area contributed by atoms with Crippen molar-refractivity contribution < 1.29 is 14.6 Å². The molecule has 0 saturated carbocycles. The number of nitro benzene ring substituents is 2. The monoisotopic (exact) mass is 608 g/mol. The van der Waals surface area contributed by atoms with Gasteiger partial charge in [0.1, 0.15) is 5.75 Å². The maximum Gasteiger partial charge on any atom is 0.318 e. The molecule has 0 spiro atoms. The molecule has 3 heterocycles. The molecule has 1 aliphatic heterocycles. The van der Waals surface area contributed by atoms with E-state index in [1.807, 2.05) is 23.6 Å². The van der Waals surface area contributed by atoms with Gasteiger partial charge in [0.2, 0.25) is 5.75 Å². The summed E-state index contributed by atoms with van der Waals surface area (Å²) in [6.07, 6.45) is 3.52. The third kappa shape index (κ3) is 4.76. The first kappa shape index (κ1) is 26.7. The van der Waals surface area contributed by atoms with Gasteiger partial charge in [-0.1, -0.05) is 53.8 Å². The molecule has 43 heavy (non-hydrogen) atoms. The molecule has 0 radical (unpaired) electrons. The summed E-state index contributed by atoms with van der Waals surface area (Å²) in [5.41, 5.74) is 4.19. The molecule has 0 N–H and O–H groups in total. The molecule has 10 nitrogen and oxygen atoms in total. The van der Waals surface area contributed by atoms with Crippen LogP contribution in [0.1, 0.15) is 34.0 Å². The molecule has 1 aliphatic carbocycles. The lowest BCUT2D eigenvalue weighted by Gasteiger charge is -2.30. The molecule has 2 aliphatic rings. The highest BCUT2D eigenvalue weighted by Crippen LogP contribution is 2.42. The number of hydrogen-bond donors (Lipinski definition) is 0. The number of nitrogens with zero attached hydrogens (tertiary/aromatic N) is 4. The Morgan fingerprint density at radius 2 is 1.77 bits per heavy atom. The summed E-state index contributed by atoms with van der Waals surface area (Å²) in [4.78, 5) is 41.7. The second-order valence-corrected chi connectivity index (χ2v) is 12.0. The first-order valence-corrected chi connectivity index (χ1v) is 14.9. The average Bonchev–Trinajstić information content (AvgIpc) is 3.65. The first-order valence-electron chi connectivity index (χ1n) is 13.2. The van der Waals surface area contributed by atoms with Crippen LogP contribution in [0.25, 0.3) is 11.8 Å². The van der Waals surface area contributed by atoms with Crippen LogP contribution in [0.4, 0.5) is 11.4 Å². The lowest BCUT2D eigenvalue weighted by atomic mass is 9.85. The van der Waals surface area contributed by atoms with Crippen molar-refractivity contribution in [1.82, 2.24) is 4.57 Å². The number of rotatable bonds is 6. The maximum atomic E-state index is 13.9. The number of aromatic nitrogens is 1. The van der Waals surface area contributed by atoms with Gasteiger partial charge in [-0.2, -0.15) is 0 Å². The van der Waals surface area contributed by atoms with Crippen molar-refractivity contribution in [3.05, 3.63) is 151 Å². The van der Waals surface area contributed by atoms with Gasteiger partial charge in [0, 0.05) is 16.5 Å². The van der Waals surface area contributed by atoms with Crippen molar-refractivity contribution in [1.29, 1.82) is 0 Å². The lowest BCUT2D eigenvalue weighted by Crippen LogP contribution is -2.38. The largest absolute Gasteiger partial charge is 0.450 e. The number of fused-ring (bicyclic) bond motifs is 3. The number of non-ortho nitro benzene ring substituents is 1. The number of aryl methyl sites for hydroxylation is 1. The van der Waals surface area contributed by atoms with Gasteiger partial charge in [0.25, 0.3) is 11.2 Å². The maximum absolute atomic E-state index is 13.9. The van der Waals surface area contributed by atoms with E-state index in [4.69, 9.17) is 9.73 Å². The highest BCUT2D eigenvalue weighted by molar-refractivity contribution is 7.10. The summed E-state index contributed by atoms with van der Waals surface area (Å²) in [7, 11) is 0. The fraction of sp³-hybridized carbons (Fsp3) is 0.0968. The molecule has 12 heteroatoms. The van der Waals surface area contributed by atoms with Crippen LogP contribution in [-0.4, -0.2) is 14.4 Å². The number of nitro groups is 2. The first-order chi connectivity index (χ1) is 20.9. The zero-order valence-electron chi connectivity index (χ0n) is 22.2. The van der Waals surface area contributed by atoms with E-state index in [9.17, 15) is 25.0 Å². The molecule has 212 valence electrons. The van der Waals surface area contributed by atoms with Crippen LogP contribution in [0.5, 0.6) is 11.5 Å². The van der Waals surface area contributed by atoms with Gasteiger partial charge in [-0.3, -0.25) is 29.6 Å². The SMILES string of the molecule is O=c1/c(=C\c2ccc(Oc3ccc([N+](=O)[O-])cc3[N+](=O)[O-])cc2)sc2n1[C@H](c1cccs1)C1=C(N=2)c2ccccc2CC1. The number of hydrogen-bond acceptors (Lipinski definition) is 9. The topological polar surface area (TPSA) is 130 Å². The van der Waals surface area contributed by atoms with Crippen molar-refractivity contribution >= 4 is 45.8 Å². The fourth-order valence-corrected chi connectivity index (χ4v) is 7.33. The van der Waals surface area contributed by atoms with E-state index < -0.39 is 21.2 Å². The zero-order valence-corrected chi connectivity index (χ0v) is 23.8. The summed E-state index contributed by atoms with van der Waals surface area (Å²) in [5, 5.41) is 24.5. The van der Waals surface area contributed by atoms with E-state index in [0.29, 0.717) is 15.1 Å². The fourth-order valence-electron chi connectivity index (χ4n) is 5.48. The number of ether oxygens (including phenoxy) is 1. The third-order valence-corrected chi connectivity index (χ3v) is 9.35. The second kappa shape index (κ2) is 10.6. The van der Waals surface area contributed by atoms with Crippen LogP contribution in [0.15, 0.2) is 99.6 Å². The molecule has 5 aromatic rings. The Labute approximate surface area is 251 Å². The molecule has 7 rings (SSSR count). The van der Waals surface area contributed by atoms with Crippen LogP contribution in [0, 0.1) is 20.2 Å². The quantitative estimate of drug-likeness (QED) is 0.172. The molecular weight excluding hydrogens is 588 g/mol. The van der Waals surface area contributed by atoms with Crippen molar-refractivity contribution in [2.24, 2.45) is 4.99 Å². The molecule has 0 amide bonds. The minimum atomic E-state index is -0.726. The summed E-state index contributed by atoms with van der Waals surface area (Å²) in [5.74, 6) is 0.190. The van der Waals surface area contributed by atoms with Crippen LogP contribution in [0.2, 0.25) is 0 Å². The van der Waals surface area contributed by atoms with E-state index in [-0.39, 0.29) is 17.4 Å². The number of benzene rings is 3. The Morgan fingerprint density at radius 3 is 2.51 bits per heavy atom. The van der Waals surface area contributed by atoms with Crippen molar-refractivity contribution in [2.45, 2.75) is 18.9 Å². The molecule has 0 unspecified atom stereocenters. The normalized spacial score (nSPS) is 15.7. The summed E-state index contributed by atoms with van der Waals surface area (Å²) in [6, 6.07) is 22.1. The Hall–Kier alpha value is -5.20. The minimum absolute atomic E-state index is 0.115. The summed E-state index contributed by atoms with van der Waals surface area (Å²) < 4.78 is 8.02. The van der Waals surface area contributed by atoms with Gasteiger partial charge in [-0.25, -0.2) is 4.99 Å². The van der Waals surface area contributed by atoms with Crippen molar-refractivity contribution in [3.63, 3.8) is 0 Å². The molecule has 3 aromatic carbocycles. The average molecular weight is 609 g/mol. The standard InChI is InChI=1S/C31H20N4O6S2/c36-30-27(16-18-7-11-21(12-8-18)41-25-14-10-20(34(37)38)17-24(25)35(39)40)43-31-32-28-22-5-2-1-4-19(22)9-13-23(28)29(33(30)31)26-6-3-15-42-26/h1-8,10-12,14-17,29H,9,13H2/b27-16+/t29-/m0/s1. The Balaban J connectivity index is 1.26. The Kier molecular flexibility index (Phi) is 6.56. The molecule has 0 bridgehead atoms. The van der Waals surface area contributed by atoms with Crippen molar-refractivity contribution in [2.75, 3.05) is 0 Å². The molecule has 0 saturated heterocycles. The van der Waals surface area contributed by atoms with E-state index in [2.05, 4.69) is 18.2 Å². The van der Waals surface area contributed by atoms with Gasteiger partial charge < -0.3 is 4.74 Å². The van der Waals surface area contributed by atoms with Crippen LogP contribution >= 0.6 is 22.7 Å². The Bertz CT molecular complexity index is 2150. The van der Waals surface area contributed by atoms with E-state index in [0.717, 1.165) is 52.2 Å². The lowest BCUT2D eigenvalue weighted by molar-refractivity contribution is -0.394. The van der Waals surface area contributed by atoms with E-state index >= 15 is 0 Å². The van der Waals surface area contributed by atoms with Crippen molar-refractivity contribution in [3.8, 4) is 11.5 Å². The van der Waals surface area contributed by atoms with Crippen LogP contribution in [0.3, 0.4) is 0 Å². The molecule has 1 atom stereocenters. The van der Waals surface area contributed by atoms with E-state index in [1.165, 1.54) is 23.0 Å². The third-order valence-electron chi connectivity index (χ3n) is 7.44. The van der Waals surface area contributed by atoms with Gasteiger partial charge >= 0.3 is 5.69 Å². The van der Waals surface area contributed by atoms with E-state index in [1.54, 1.807) is 46.2 Å². The highest BCUT2D eigenvalue weighted by atomic mass is 32.1. The smallest absolute Gasteiger partial charge is 0.318 e. The minimum Gasteiger partial charge on any atom is -0.450 e. The summed E-state index contributed by atoms with van der Waals surface area (Å²) >= 11 is 2.97. The van der Waals surface area contributed by atoms with Gasteiger partial charge in [0.15, 0.2) is 4.80 Å². The van der Waals surface area contributed by atoms with Gasteiger partial charge in [-0.05, 0) is 65.3 Å².